The number of amides is 1. The van der Waals surface area contributed by atoms with E-state index in [4.69, 9.17) is 4.74 Å². The molecular weight excluding hydrogens is 462 g/mol. The van der Waals surface area contributed by atoms with Crippen molar-refractivity contribution in [3.05, 3.63) is 65.3 Å². The van der Waals surface area contributed by atoms with Crippen molar-refractivity contribution in [2.75, 3.05) is 52.9 Å². The molecule has 1 atom stereocenters. The lowest BCUT2D eigenvalue weighted by Gasteiger charge is -2.39. The number of aryl methyl sites for hydroxylation is 1. The van der Waals surface area contributed by atoms with Crippen LogP contribution in [0.3, 0.4) is 0 Å². The largest absolute Gasteiger partial charge is 0.444 e. The molecule has 1 unspecified atom stereocenters. The average molecular weight is 512 g/mol. The van der Waals surface area contributed by atoms with E-state index in [1.807, 2.05) is 38.7 Å². The van der Waals surface area contributed by atoms with Gasteiger partial charge in [-0.25, -0.2) is 4.79 Å². The average Bonchev–Trinajstić information content (AvgIpc) is 2.85. The molecule has 0 spiro atoms. The molecule has 1 aliphatic rings. The number of aliphatic hydroxyl groups excluding tert-OH is 1. The Hall–Kier alpha value is -2.41. The second-order valence-electron chi connectivity index (χ2n) is 11.1. The first kappa shape index (κ1) is 30.8. The molecule has 0 saturated carbocycles. The van der Waals surface area contributed by atoms with E-state index in [0.29, 0.717) is 19.1 Å². The van der Waals surface area contributed by atoms with Crippen molar-refractivity contribution in [1.82, 2.24) is 14.7 Å². The van der Waals surface area contributed by atoms with Crippen LogP contribution in [0.25, 0.3) is 5.57 Å². The molecule has 1 heterocycles. The Kier molecular flexibility index (Phi) is 12.1. The maximum Gasteiger partial charge on any atom is 0.410 e. The van der Waals surface area contributed by atoms with Crippen LogP contribution in [0.5, 0.6) is 0 Å². The SMILES string of the molecule is C=CCN(C)CC(=C\C)/C=C(/CO)c1cc(C)ccc1CC(CC)N1CCN(C(=O)OC(C)(C)C)CC1. The number of benzene rings is 1. The Balaban J connectivity index is 2.20. The van der Waals surface area contributed by atoms with E-state index >= 15 is 0 Å². The van der Waals surface area contributed by atoms with Crippen LogP contribution in [-0.2, 0) is 11.2 Å². The molecule has 1 saturated heterocycles. The molecule has 2 rings (SSSR count). The fraction of sp³-hybridized carbons (Fsp3) is 0.581. The molecule has 1 fully saturated rings. The second kappa shape index (κ2) is 14.5. The van der Waals surface area contributed by atoms with Gasteiger partial charge in [0.25, 0.3) is 0 Å². The van der Waals surface area contributed by atoms with E-state index in [1.165, 1.54) is 16.7 Å². The van der Waals surface area contributed by atoms with Gasteiger partial charge in [0.1, 0.15) is 5.60 Å². The van der Waals surface area contributed by atoms with Gasteiger partial charge in [-0.1, -0.05) is 48.9 Å². The molecule has 1 aliphatic heterocycles. The van der Waals surface area contributed by atoms with E-state index in [0.717, 1.165) is 50.2 Å². The number of rotatable bonds is 11. The van der Waals surface area contributed by atoms with E-state index in [2.05, 4.69) is 67.6 Å². The lowest BCUT2D eigenvalue weighted by Crippen LogP contribution is -2.53. The van der Waals surface area contributed by atoms with Crippen LogP contribution in [0.15, 0.2) is 48.6 Å². The number of carbonyl (C=O) groups excluding carboxylic acids is 1. The van der Waals surface area contributed by atoms with Gasteiger partial charge in [-0.3, -0.25) is 9.80 Å². The third-order valence-corrected chi connectivity index (χ3v) is 6.81. The fourth-order valence-corrected chi connectivity index (χ4v) is 4.80. The quantitative estimate of drug-likeness (QED) is 0.322. The summed E-state index contributed by atoms with van der Waals surface area (Å²) in [4.78, 5) is 19.0. The van der Waals surface area contributed by atoms with Gasteiger partial charge in [-0.15, -0.1) is 6.58 Å². The van der Waals surface area contributed by atoms with Crippen LogP contribution in [0.1, 0.15) is 57.7 Å². The molecule has 1 N–H and O–H groups in total. The van der Waals surface area contributed by atoms with Crippen LogP contribution in [0, 0.1) is 6.92 Å². The molecule has 37 heavy (non-hydrogen) atoms. The summed E-state index contributed by atoms with van der Waals surface area (Å²) >= 11 is 0. The zero-order valence-corrected chi connectivity index (χ0v) is 24.2. The number of aliphatic hydroxyl groups is 1. The van der Waals surface area contributed by atoms with Gasteiger partial charge >= 0.3 is 6.09 Å². The van der Waals surface area contributed by atoms with E-state index in [-0.39, 0.29) is 12.7 Å². The van der Waals surface area contributed by atoms with Gasteiger partial charge in [0.05, 0.1) is 6.61 Å². The van der Waals surface area contributed by atoms with E-state index in [1.54, 1.807) is 0 Å². The first-order valence-corrected chi connectivity index (χ1v) is 13.6. The Morgan fingerprint density at radius 1 is 1.24 bits per heavy atom. The summed E-state index contributed by atoms with van der Waals surface area (Å²) < 4.78 is 5.56. The highest BCUT2D eigenvalue weighted by Crippen LogP contribution is 2.26. The summed E-state index contributed by atoms with van der Waals surface area (Å²) in [5, 5.41) is 10.4. The van der Waals surface area contributed by atoms with Crippen molar-refractivity contribution in [3.8, 4) is 0 Å². The molecular formula is C31H49N3O3. The number of likely N-dealkylation sites (N-methyl/N-ethyl adjacent to an activating group) is 1. The number of hydrogen-bond donors (Lipinski definition) is 1. The van der Waals surface area contributed by atoms with Gasteiger partial charge in [-0.05, 0) is 76.8 Å². The number of carbonyl (C=O) groups is 1. The Labute approximate surface area is 225 Å². The predicted octanol–water partition coefficient (Wildman–Crippen LogP) is 5.31. The molecule has 0 bridgehead atoms. The Morgan fingerprint density at radius 3 is 2.46 bits per heavy atom. The smallest absolute Gasteiger partial charge is 0.410 e. The summed E-state index contributed by atoms with van der Waals surface area (Å²) in [6.07, 6.45) is 7.85. The summed E-state index contributed by atoms with van der Waals surface area (Å²) in [5.41, 5.74) is 5.20. The van der Waals surface area contributed by atoms with Gasteiger partial charge in [0, 0.05) is 45.3 Å². The first-order chi connectivity index (χ1) is 17.5. The maximum absolute atomic E-state index is 12.5. The zero-order chi connectivity index (χ0) is 27.6. The van der Waals surface area contributed by atoms with Crippen LogP contribution < -0.4 is 0 Å². The molecule has 0 radical (unpaired) electrons. The highest BCUT2D eigenvalue weighted by Gasteiger charge is 2.28. The third kappa shape index (κ3) is 9.76. The summed E-state index contributed by atoms with van der Waals surface area (Å²) in [6.45, 7) is 20.5. The molecule has 6 heteroatoms. The van der Waals surface area contributed by atoms with Gasteiger partial charge < -0.3 is 14.7 Å². The standard InChI is InChI=1S/C31H49N3O3/c1-9-14-32(8)22-25(10-2)20-27(23-35)29-19-24(4)12-13-26(29)21-28(11-3)33-15-17-34(18-16-33)30(36)37-31(5,6)7/h9-10,12-13,19-20,28,35H,1,11,14-18,21-23H2,2-8H3/b25-10-,27-20-. The summed E-state index contributed by atoms with van der Waals surface area (Å²) in [5.74, 6) is 0. The zero-order valence-electron chi connectivity index (χ0n) is 24.2. The van der Waals surface area contributed by atoms with Gasteiger partial charge in [-0.2, -0.15) is 0 Å². The van der Waals surface area contributed by atoms with Crippen molar-refractivity contribution in [2.45, 2.75) is 66.0 Å². The molecule has 0 aromatic heterocycles. The molecule has 1 aromatic rings. The third-order valence-electron chi connectivity index (χ3n) is 6.81. The number of nitrogens with zero attached hydrogens (tertiary/aromatic N) is 3. The summed E-state index contributed by atoms with van der Waals surface area (Å²) in [7, 11) is 2.07. The molecule has 206 valence electrons. The van der Waals surface area contributed by atoms with Crippen LogP contribution in [0.4, 0.5) is 4.79 Å². The molecule has 1 aromatic carbocycles. The van der Waals surface area contributed by atoms with Crippen molar-refractivity contribution >= 4 is 11.7 Å². The van der Waals surface area contributed by atoms with Crippen LogP contribution >= 0.6 is 0 Å². The minimum atomic E-state index is -0.478. The highest BCUT2D eigenvalue weighted by atomic mass is 16.6. The van der Waals surface area contributed by atoms with E-state index in [9.17, 15) is 9.90 Å². The predicted molar refractivity (Wildman–Crippen MR) is 155 cm³/mol. The minimum Gasteiger partial charge on any atom is -0.444 e. The maximum atomic E-state index is 12.5. The second-order valence-corrected chi connectivity index (χ2v) is 11.1. The van der Waals surface area contributed by atoms with Crippen molar-refractivity contribution in [1.29, 1.82) is 0 Å². The molecule has 6 nitrogen and oxygen atoms in total. The van der Waals surface area contributed by atoms with Gasteiger partial charge in [0.15, 0.2) is 0 Å². The normalized spacial score (nSPS) is 16.7. The monoisotopic (exact) mass is 511 g/mol. The lowest BCUT2D eigenvalue weighted by molar-refractivity contribution is 0.0101. The van der Waals surface area contributed by atoms with Crippen molar-refractivity contribution < 1.29 is 14.6 Å². The molecule has 1 amide bonds. The number of piperazine rings is 1. The van der Waals surface area contributed by atoms with Crippen molar-refractivity contribution in [2.24, 2.45) is 0 Å². The number of allylic oxidation sites excluding steroid dienone is 1. The topological polar surface area (TPSA) is 56.2 Å². The van der Waals surface area contributed by atoms with Crippen LogP contribution in [-0.4, -0.2) is 90.5 Å². The van der Waals surface area contributed by atoms with Gasteiger partial charge in [0.2, 0.25) is 0 Å². The number of ether oxygens (including phenoxy) is 1. The minimum absolute atomic E-state index is 0.00960. The van der Waals surface area contributed by atoms with Crippen LogP contribution in [0.2, 0.25) is 0 Å². The summed E-state index contributed by atoms with van der Waals surface area (Å²) in [6, 6.07) is 6.94. The van der Waals surface area contributed by atoms with E-state index < -0.39 is 5.60 Å². The number of hydrogen-bond acceptors (Lipinski definition) is 5. The van der Waals surface area contributed by atoms with Crippen molar-refractivity contribution in [3.63, 3.8) is 0 Å². The Morgan fingerprint density at radius 2 is 1.92 bits per heavy atom. The Bertz CT molecular complexity index is 953. The first-order valence-electron chi connectivity index (χ1n) is 13.6. The molecule has 0 aliphatic carbocycles. The highest BCUT2D eigenvalue weighted by molar-refractivity contribution is 5.72. The lowest BCUT2D eigenvalue weighted by atomic mass is 9.91. The fourth-order valence-electron chi connectivity index (χ4n) is 4.80.